The first-order chi connectivity index (χ1) is 11.4. The first kappa shape index (κ1) is 16.4. The van der Waals surface area contributed by atoms with Crippen LogP contribution < -0.4 is 9.60 Å². The van der Waals surface area contributed by atoms with Crippen molar-refractivity contribution in [1.82, 2.24) is 4.57 Å². The molecule has 1 aromatic heterocycles. The van der Waals surface area contributed by atoms with Crippen molar-refractivity contribution in [3.8, 4) is 0 Å². The van der Waals surface area contributed by atoms with E-state index in [0.29, 0.717) is 16.9 Å². The van der Waals surface area contributed by atoms with E-state index in [1.165, 1.54) is 12.1 Å². The van der Waals surface area contributed by atoms with Gasteiger partial charge in [-0.3, -0.25) is 14.1 Å². The fraction of sp³-hybridized carbons (Fsp3) is 0.0625. The highest BCUT2D eigenvalue weighted by Gasteiger charge is 2.15. The van der Waals surface area contributed by atoms with Gasteiger partial charge >= 0.3 is 4.87 Å². The Labute approximate surface area is 141 Å². The lowest BCUT2D eigenvalue weighted by molar-refractivity contribution is 0.599. The van der Waals surface area contributed by atoms with E-state index in [-0.39, 0.29) is 9.77 Å². The molecule has 0 aliphatic rings. The van der Waals surface area contributed by atoms with Crippen LogP contribution >= 0.6 is 11.3 Å². The van der Waals surface area contributed by atoms with Crippen molar-refractivity contribution in [3.05, 3.63) is 70.6 Å². The average molecular weight is 364 g/mol. The summed E-state index contributed by atoms with van der Waals surface area (Å²) in [6.07, 6.45) is 1.62. The molecule has 0 aliphatic carbocycles. The number of sulfonamides is 1. The molecule has 124 valence electrons. The number of anilines is 1. The molecular formula is C16H13FN2O3S2. The molecule has 0 aliphatic heterocycles. The topological polar surface area (TPSA) is 68.2 Å². The Morgan fingerprint density at radius 2 is 1.92 bits per heavy atom. The summed E-state index contributed by atoms with van der Waals surface area (Å²) in [7, 11) is -3.83. The summed E-state index contributed by atoms with van der Waals surface area (Å²) in [6.45, 7) is 4.00. The van der Waals surface area contributed by atoms with Crippen molar-refractivity contribution in [2.75, 3.05) is 4.72 Å². The summed E-state index contributed by atoms with van der Waals surface area (Å²) in [5.74, 6) is -0.510. The minimum absolute atomic E-state index is 0.0404. The van der Waals surface area contributed by atoms with Crippen molar-refractivity contribution < 1.29 is 12.8 Å². The number of nitrogens with zero attached hydrogens (tertiary/aromatic N) is 1. The molecule has 0 unspecified atom stereocenters. The predicted molar refractivity (Wildman–Crippen MR) is 93.5 cm³/mol. The summed E-state index contributed by atoms with van der Waals surface area (Å²) in [5.41, 5.74) is 1.05. The quantitative estimate of drug-likeness (QED) is 0.707. The molecule has 0 spiro atoms. The Morgan fingerprint density at radius 3 is 2.58 bits per heavy atom. The summed E-state index contributed by atoms with van der Waals surface area (Å²) in [5, 5.41) is 0. The third-order valence-electron chi connectivity index (χ3n) is 3.36. The van der Waals surface area contributed by atoms with E-state index in [1.807, 2.05) is 0 Å². The van der Waals surface area contributed by atoms with Gasteiger partial charge in [-0.05, 0) is 42.5 Å². The lowest BCUT2D eigenvalue weighted by atomic mass is 10.3. The lowest BCUT2D eigenvalue weighted by Crippen LogP contribution is -2.13. The second kappa shape index (κ2) is 6.21. The first-order valence-corrected chi connectivity index (χ1v) is 9.23. The van der Waals surface area contributed by atoms with Gasteiger partial charge in [0.1, 0.15) is 5.82 Å². The number of thiazole rings is 1. The summed E-state index contributed by atoms with van der Waals surface area (Å²) in [4.78, 5) is 11.8. The lowest BCUT2D eigenvalue weighted by Gasteiger charge is -2.08. The summed E-state index contributed by atoms with van der Waals surface area (Å²) in [6, 6.07) is 9.40. The number of hydrogen-bond donors (Lipinski definition) is 1. The van der Waals surface area contributed by atoms with Crippen LogP contribution in [0.1, 0.15) is 0 Å². The number of allylic oxidation sites excluding steroid dienone is 1. The summed E-state index contributed by atoms with van der Waals surface area (Å²) < 4.78 is 42.2. The van der Waals surface area contributed by atoms with E-state index >= 15 is 0 Å². The Kier molecular flexibility index (Phi) is 4.25. The minimum atomic E-state index is -3.83. The van der Waals surface area contributed by atoms with Gasteiger partial charge in [0.25, 0.3) is 10.0 Å². The zero-order chi connectivity index (χ0) is 17.3. The van der Waals surface area contributed by atoms with Crippen molar-refractivity contribution in [2.45, 2.75) is 11.4 Å². The molecule has 0 radical (unpaired) electrons. The molecule has 1 heterocycles. The van der Waals surface area contributed by atoms with E-state index in [0.717, 1.165) is 29.0 Å². The van der Waals surface area contributed by atoms with Crippen LogP contribution in [0.15, 0.2) is 64.8 Å². The van der Waals surface area contributed by atoms with E-state index in [2.05, 4.69) is 11.3 Å². The highest BCUT2D eigenvalue weighted by atomic mass is 32.2. The number of benzene rings is 2. The van der Waals surface area contributed by atoms with Crippen LogP contribution in [0.3, 0.4) is 0 Å². The Bertz CT molecular complexity index is 1070. The molecule has 0 amide bonds. The van der Waals surface area contributed by atoms with Gasteiger partial charge in [0, 0.05) is 6.54 Å². The molecule has 0 saturated heterocycles. The van der Waals surface area contributed by atoms with Crippen molar-refractivity contribution in [3.63, 3.8) is 0 Å². The fourth-order valence-corrected chi connectivity index (χ4v) is 4.25. The van der Waals surface area contributed by atoms with Gasteiger partial charge in [0.2, 0.25) is 0 Å². The minimum Gasteiger partial charge on any atom is -0.295 e. The molecule has 3 aromatic rings. The number of halogens is 1. The van der Waals surface area contributed by atoms with Gasteiger partial charge < -0.3 is 0 Å². The molecule has 5 nitrogen and oxygen atoms in total. The van der Waals surface area contributed by atoms with Crippen LogP contribution in [-0.2, 0) is 16.6 Å². The van der Waals surface area contributed by atoms with Gasteiger partial charge in [-0.2, -0.15) is 0 Å². The normalized spacial score (nSPS) is 11.5. The highest BCUT2D eigenvalue weighted by molar-refractivity contribution is 7.92. The van der Waals surface area contributed by atoms with Gasteiger partial charge in [-0.1, -0.05) is 17.4 Å². The molecule has 2 aromatic carbocycles. The molecule has 3 rings (SSSR count). The molecule has 0 atom stereocenters. The van der Waals surface area contributed by atoms with Gasteiger partial charge in [0.15, 0.2) is 0 Å². The predicted octanol–water partition coefficient (Wildman–Crippen LogP) is 3.19. The maximum atomic E-state index is 12.9. The molecule has 24 heavy (non-hydrogen) atoms. The van der Waals surface area contributed by atoms with Crippen LogP contribution in [0.2, 0.25) is 0 Å². The van der Waals surface area contributed by atoms with Gasteiger partial charge in [-0.25, -0.2) is 12.8 Å². The van der Waals surface area contributed by atoms with Gasteiger partial charge in [-0.15, -0.1) is 6.58 Å². The van der Waals surface area contributed by atoms with Crippen LogP contribution in [0.25, 0.3) is 10.2 Å². The monoisotopic (exact) mass is 364 g/mol. The average Bonchev–Trinajstić information content (AvgIpc) is 2.83. The second-order valence-electron chi connectivity index (χ2n) is 5.01. The second-order valence-corrected chi connectivity index (χ2v) is 7.68. The molecule has 0 bridgehead atoms. The van der Waals surface area contributed by atoms with E-state index < -0.39 is 15.8 Å². The Balaban J connectivity index is 1.97. The van der Waals surface area contributed by atoms with E-state index in [9.17, 15) is 17.6 Å². The van der Waals surface area contributed by atoms with Crippen molar-refractivity contribution in [2.24, 2.45) is 0 Å². The highest BCUT2D eigenvalue weighted by Crippen LogP contribution is 2.24. The van der Waals surface area contributed by atoms with E-state index in [1.54, 1.807) is 28.8 Å². The molecular weight excluding hydrogens is 351 g/mol. The fourth-order valence-electron chi connectivity index (χ4n) is 2.26. The molecule has 0 fully saturated rings. The van der Waals surface area contributed by atoms with Crippen molar-refractivity contribution in [1.29, 1.82) is 0 Å². The largest absolute Gasteiger partial charge is 0.308 e. The number of aromatic nitrogens is 1. The summed E-state index contributed by atoms with van der Waals surface area (Å²) >= 11 is 1.03. The third-order valence-corrected chi connectivity index (χ3v) is 5.70. The van der Waals surface area contributed by atoms with Crippen LogP contribution in [-0.4, -0.2) is 13.0 Å². The van der Waals surface area contributed by atoms with E-state index in [4.69, 9.17) is 0 Å². The first-order valence-electron chi connectivity index (χ1n) is 6.93. The number of hydrogen-bond acceptors (Lipinski definition) is 4. The molecule has 0 saturated carbocycles. The molecule has 8 heteroatoms. The Hall–Kier alpha value is -2.45. The standard InChI is InChI=1S/C16H13FN2O3S2/c1-2-9-19-14-8-5-12(10-15(14)23-16(19)20)18-24(21,22)13-6-3-11(17)4-7-13/h2-8,10,18H,1,9H2. The number of rotatable bonds is 5. The number of nitrogens with one attached hydrogen (secondary N) is 1. The number of fused-ring (bicyclic) bond motifs is 1. The van der Waals surface area contributed by atoms with Crippen LogP contribution in [0.5, 0.6) is 0 Å². The SMILES string of the molecule is C=CCn1c(=O)sc2cc(NS(=O)(=O)c3ccc(F)cc3)ccc21. The van der Waals surface area contributed by atoms with Gasteiger partial charge in [0.05, 0.1) is 20.8 Å². The smallest absolute Gasteiger partial charge is 0.295 e. The van der Waals surface area contributed by atoms with Crippen LogP contribution in [0.4, 0.5) is 10.1 Å². The maximum Gasteiger partial charge on any atom is 0.308 e. The van der Waals surface area contributed by atoms with Crippen LogP contribution in [0, 0.1) is 5.82 Å². The van der Waals surface area contributed by atoms with Crippen molar-refractivity contribution >= 4 is 37.3 Å². The third kappa shape index (κ3) is 3.10. The zero-order valence-electron chi connectivity index (χ0n) is 12.4. The molecule has 1 N–H and O–H groups in total. The maximum absolute atomic E-state index is 12.9. The zero-order valence-corrected chi connectivity index (χ0v) is 14.0. The Morgan fingerprint density at radius 1 is 1.21 bits per heavy atom.